The molecule has 0 fully saturated rings. The van der Waals surface area contributed by atoms with Crippen LogP contribution in [0.4, 0.5) is 0 Å². The van der Waals surface area contributed by atoms with Gasteiger partial charge in [-0.15, -0.1) is 10.2 Å². The molecule has 7 heteroatoms. The van der Waals surface area contributed by atoms with Crippen molar-refractivity contribution in [2.75, 3.05) is 6.26 Å². The van der Waals surface area contributed by atoms with Crippen LogP contribution in [0.3, 0.4) is 0 Å². The maximum Gasteiger partial charge on any atom is 0.211 e. The Bertz CT molecular complexity index is 697. The van der Waals surface area contributed by atoms with E-state index in [0.717, 1.165) is 16.5 Å². The van der Waals surface area contributed by atoms with E-state index in [2.05, 4.69) is 29.1 Å². The van der Waals surface area contributed by atoms with Gasteiger partial charge < -0.3 is 4.74 Å². The number of hydrogen-bond acceptors (Lipinski definition) is 5. The molecule has 2 rings (SSSR count). The summed E-state index contributed by atoms with van der Waals surface area (Å²) >= 11 is 7.76. The van der Waals surface area contributed by atoms with Gasteiger partial charge in [0.25, 0.3) is 0 Å². The van der Waals surface area contributed by atoms with Crippen LogP contribution in [-0.2, 0) is 0 Å². The van der Waals surface area contributed by atoms with E-state index < -0.39 is 0 Å². The monoisotopic (exact) mass is 352 g/mol. The van der Waals surface area contributed by atoms with Gasteiger partial charge in [-0.2, -0.15) is 9.78 Å². The molecule has 23 heavy (non-hydrogen) atoms. The molecule has 0 atom stereocenters. The Hall–Kier alpha value is -1.53. The van der Waals surface area contributed by atoms with Gasteiger partial charge in [-0.25, -0.2) is 0 Å². The van der Waals surface area contributed by atoms with E-state index in [1.165, 1.54) is 11.8 Å². The van der Waals surface area contributed by atoms with Crippen LogP contribution in [0.25, 0.3) is 0 Å². The molecule has 0 unspecified atom stereocenters. The molecule has 0 aliphatic carbocycles. The lowest BCUT2D eigenvalue weighted by Gasteiger charge is -2.11. The Morgan fingerprint density at radius 3 is 2.57 bits per heavy atom. The molecule has 0 aliphatic rings. The van der Waals surface area contributed by atoms with E-state index >= 15 is 0 Å². The van der Waals surface area contributed by atoms with Crippen LogP contribution in [0.5, 0.6) is 5.75 Å². The molecule has 2 aromatic rings. The van der Waals surface area contributed by atoms with Gasteiger partial charge in [-0.1, -0.05) is 37.2 Å². The van der Waals surface area contributed by atoms with Crippen LogP contribution in [0.2, 0.25) is 5.02 Å². The Morgan fingerprint density at radius 2 is 2.00 bits per heavy atom. The van der Waals surface area contributed by atoms with Crippen molar-refractivity contribution in [3.05, 3.63) is 34.6 Å². The van der Waals surface area contributed by atoms with Gasteiger partial charge in [0.15, 0.2) is 5.82 Å². The summed E-state index contributed by atoms with van der Waals surface area (Å²) in [4.78, 5) is 0. The molecule has 0 amide bonds. The van der Waals surface area contributed by atoms with Crippen molar-refractivity contribution in [2.24, 2.45) is 5.10 Å². The molecule has 1 aromatic heterocycles. The summed E-state index contributed by atoms with van der Waals surface area (Å²) in [6, 6.07) is 5.61. The molecule has 124 valence electrons. The zero-order valence-corrected chi connectivity index (χ0v) is 15.5. The van der Waals surface area contributed by atoms with Crippen molar-refractivity contribution in [2.45, 2.75) is 44.9 Å². The lowest BCUT2D eigenvalue weighted by molar-refractivity contribution is 0.242. The van der Waals surface area contributed by atoms with Crippen molar-refractivity contribution in [1.29, 1.82) is 0 Å². The van der Waals surface area contributed by atoms with Gasteiger partial charge in [-0.05, 0) is 43.9 Å². The van der Waals surface area contributed by atoms with Gasteiger partial charge in [0, 0.05) is 5.92 Å². The topological polar surface area (TPSA) is 52.3 Å². The molecular weight excluding hydrogens is 332 g/mol. The summed E-state index contributed by atoms with van der Waals surface area (Å²) < 4.78 is 7.40. The highest BCUT2D eigenvalue weighted by Crippen LogP contribution is 2.26. The van der Waals surface area contributed by atoms with E-state index in [0.29, 0.717) is 10.8 Å². The van der Waals surface area contributed by atoms with Gasteiger partial charge in [-0.3, -0.25) is 0 Å². The first-order valence-corrected chi connectivity index (χ1v) is 9.02. The number of rotatable bonds is 6. The normalized spacial score (nSPS) is 11.8. The van der Waals surface area contributed by atoms with Crippen LogP contribution in [-0.4, -0.2) is 33.4 Å². The van der Waals surface area contributed by atoms with Crippen molar-refractivity contribution in [3.63, 3.8) is 0 Å². The second-order valence-corrected chi connectivity index (χ2v) is 6.79. The highest BCUT2D eigenvalue weighted by molar-refractivity contribution is 7.98. The second-order valence-electron chi connectivity index (χ2n) is 5.61. The number of thioether (sulfide) groups is 1. The number of benzene rings is 1. The maximum absolute atomic E-state index is 6.25. The number of nitrogens with zero attached hydrogens (tertiary/aromatic N) is 4. The van der Waals surface area contributed by atoms with Crippen molar-refractivity contribution < 1.29 is 4.74 Å². The fraction of sp³-hybridized carbons (Fsp3) is 0.438. The smallest absolute Gasteiger partial charge is 0.211 e. The standard InChI is InChI=1S/C16H21ClN4OS/c1-10(2)15-19-20-16(23-5)21(15)18-9-12-6-7-14(13(17)8-12)22-11(3)4/h6-11H,1-5H3/b18-9-. The van der Waals surface area contributed by atoms with Crippen LogP contribution < -0.4 is 4.74 Å². The van der Waals surface area contributed by atoms with E-state index in [4.69, 9.17) is 16.3 Å². The molecular formula is C16H21ClN4OS. The molecule has 0 aliphatic heterocycles. The summed E-state index contributed by atoms with van der Waals surface area (Å²) in [7, 11) is 0. The maximum atomic E-state index is 6.25. The second kappa shape index (κ2) is 7.84. The van der Waals surface area contributed by atoms with E-state index in [-0.39, 0.29) is 12.0 Å². The zero-order valence-electron chi connectivity index (χ0n) is 13.9. The Kier molecular flexibility index (Phi) is 6.07. The molecule has 0 spiro atoms. The average molecular weight is 353 g/mol. The minimum absolute atomic E-state index is 0.0850. The summed E-state index contributed by atoms with van der Waals surface area (Å²) in [5.74, 6) is 1.75. The van der Waals surface area contributed by atoms with E-state index in [9.17, 15) is 0 Å². The van der Waals surface area contributed by atoms with E-state index in [1.807, 2.05) is 38.3 Å². The predicted molar refractivity (Wildman–Crippen MR) is 96.1 cm³/mol. The molecule has 0 saturated heterocycles. The SMILES string of the molecule is CSc1nnc(C(C)C)n1/N=C\c1ccc(OC(C)C)c(Cl)c1. The lowest BCUT2D eigenvalue weighted by atomic mass is 10.2. The molecule has 0 radical (unpaired) electrons. The van der Waals surface area contributed by atoms with Gasteiger partial charge in [0.2, 0.25) is 5.16 Å². The highest BCUT2D eigenvalue weighted by atomic mass is 35.5. The van der Waals surface area contributed by atoms with Crippen LogP contribution in [0.1, 0.15) is 45.0 Å². The third kappa shape index (κ3) is 4.48. The van der Waals surface area contributed by atoms with Gasteiger partial charge in [0.05, 0.1) is 17.3 Å². The van der Waals surface area contributed by atoms with Crippen LogP contribution >= 0.6 is 23.4 Å². The van der Waals surface area contributed by atoms with Crippen molar-refractivity contribution >= 4 is 29.6 Å². The van der Waals surface area contributed by atoms with Crippen LogP contribution in [0.15, 0.2) is 28.5 Å². The number of halogens is 1. The average Bonchev–Trinajstić information content (AvgIpc) is 2.90. The Labute approximate surface area is 146 Å². The number of aromatic nitrogens is 3. The minimum Gasteiger partial charge on any atom is -0.489 e. The quantitative estimate of drug-likeness (QED) is 0.569. The summed E-state index contributed by atoms with van der Waals surface area (Å²) in [5, 5.41) is 14.2. The molecule has 0 N–H and O–H groups in total. The van der Waals surface area contributed by atoms with Crippen molar-refractivity contribution in [1.82, 2.24) is 14.9 Å². The van der Waals surface area contributed by atoms with Crippen molar-refractivity contribution in [3.8, 4) is 5.75 Å². The highest BCUT2D eigenvalue weighted by Gasteiger charge is 2.13. The zero-order chi connectivity index (χ0) is 17.0. The number of ether oxygens (including phenoxy) is 1. The lowest BCUT2D eigenvalue weighted by Crippen LogP contribution is -2.06. The van der Waals surface area contributed by atoms with Crippen LogP contribution in [0, 0.1) is 0 Å². The predicted octanol–water partition coefficient (Wildman–Crippen LogP) is 4.45. The molecule has 1 heterocycles. The van der Waals surface area contributed by atoms with Gasteiger partial charge >= 0.3 is 0 Å². The Balaban J connectivity index is 2.27. The molecule has 0 bridgehead atoms. The van der Waals surface area contributed by atoms with E-state index in [1.54, 1.807) is 10.9 Å². The third-order valence-corrected chi connectivity index (χ3v) is 3.89. The largest absolute Gasteiger partial charge is 0.489 e. The summed E-state index contributed by atoms with van der Waals surface area (Å²) in [5.41, 5.74) is 0.890. The number of hydrogen-bond donors (Lipinski definition) is 0. The first-order valence-electron chi connectivity index (χ1n) is 7.42. The first kappa shape index (κ1) is 17.8. The first-order chi connectivity index (χ1) is 10.9. The summed E-state index contributed by atoms with van der Waals surface area (Å²) in [6.45, 7) is 8.06. The fourth-order valence-corrected chi connectivity index (χ4v) is 2.61. The summed E-state index contributed by atoms with van der Waals surface area (Å²) in [6.07, 6.45) is 3.79. The fourth-order valence-electron chi connectivity index (χ4n) is 1.94. The minimum atomic E-state index is 0.0850. The van der Waals surface area contributed by atoms with Gasteiger partial charge in [0.1, 0.15) is 5.75 Å². The molecule has 0 saturated carbocycles. The third-order valence-electron chi connectivity index (χ3n) is 2.98. The molecule has 5 nitrogen and oxygen atoms in total. The Morgan fingerprint density at radius 1 is 1.26 bits per heavy atom. The molecule has 1 aromatic carbocycles.